The third kappa shape index (κ3) is 4.14. The molecule has 8 heteroatoms. The second kappa shape index (κ2) is 9.35. The second-order valence-corrected chi connectivity index (χ2v) is 13.9. The number of rotatable bonds is 6. The molecular formula is C28H33FN2O3S2. The third-order valence-corrected chi connectivity index (χ3v) is 11.5. The number of benzene rings is 2. The van der Waals surface area contributed by atoms with Crippen LogP contribution in [-0.4, -0.2) is 38.4 Å². The Hall–Kier alpha value is -2.06. The van der Waals surface area contributed by atoms with Crippen LogP contribution in [0.2, 0.25) is 0 Å². The van der Waals surface area contributed by atoms with Gasteiger partial charge in [-0.25, -0.2) is 12.8 Å². The van der Waals surface area contributed by atoms with E-state index in [1.165, 1.54) is 49.9 Å². The molecule has 2 aromatic carbocycles. The zero-order valence-electron chi connectivity index (χ0n) is 20.4. The summed E-state index contributed by atoms with van der Waals surface area (Å²) >= 11 is 1.92. The molecule has 192 valence electrons. The normalized spacial score (nSPS) is 23.7. The van der Waals surface area contributed by atoms with Crippen molar-refractivity contribution < 1.29 is 17.6 Å². The lowest BCUT2D eigenvalue weighted by Crippen LogP contribution is -2.50. The van der Waals surface area contributed by atoms with Crippen LogP contribution in [0.15, 0.2) is 47.4 Å². The van der Waals surface area contributed by atoms with E-state index < -0.39 is 15.8 Å². The molecule has 3 fully saturated rings. The van der Waals surface area contributed by atoms with Gasteiger partial charge in [-0.15, -0.1) is 0 Å². The molecule has 1 amide bonds. The van der Waals surface area contributed by atoms with Crippen LogP contribution in [-0.2, 0) is 15.4 Å². The van der Waals surface area contributed by atoms with Crippen molar-refractivity contribution in [3.8, 4) is 0 Å². The zero-order chi connectivity index (χ0) is 24.9. The van der Waals surface area contributed by atoms with E-state index in [1.807, 2.05) is 23.9 Å². The molecule has 0 bridgehead atoms. The van der Waals surface area contributed by atoms with Crippen molar-refractivity contribution in [2.45, 2.75) is 67.7 Å². The van der Waals surface area contributed by atoms with E-state index in [0.717, 1.165) is 42.8 Å². The van der Waals surface area contributed by atoms with Crippen LogP contribution >= 0.6 is 11.8 Å². The first-order chi connectivity index (χ1) is 17.4. The lowest BCUT2D eigenvalue weighted by Gasteiger charge is -2.41. The summed E-state index contributed by atoms with van der Waals surface area (Å²) in [6.07, 6.45) is 8.63. The van der Waals surface area contributed by atoms with Gasteiger partial charge in [0.1, 0.15) is 5.82 Å². The average Bonchev–Trinajstić information content (AvgIpc) is 3.51. The van der Waals surface area contributed by atoms with E-state index in [4.69, 9.17) is 0 Å². The Balaban J connectivity index is 1.41. The van der Waals surface area contributed by atoms with Crippen LogP contribution in [0.5, 0.6) is 0 Å². The lowest BCUT2D eigenvalue weighted by atomic mass is 9.70. The van der Waals surface area contributed by atoms with Crippen molar-refractivity contribution in [2.24, 2.45) is 11.8 Å². The molecule has 6 rings (SSSR count). The molecule has 2 heterocycles. The smallest absolute Gasteiger partial charge is 0.264 e. The molecule has 1 spiro atoms. The molecule has 36 heavy (non-hydrogen) atoms. The van der Waals surface area contributed by atoms with E-state index in [9.17, 15) is 17.6 Å². The minimum atomic E-state index is -3.89. The molecule has 0 radical (unpaired) electrons. The molecule has 2 aromatic rings. The van der Waals surface area contributed by atoms with Crippen LogP contribution in [0.4, 0.5) is 10.1 Å². The Morgan fingerprint density at radius 2 is 1.72 bits per heavy atom. The summed E-state index contributed by atoms with van der Waals surface area (Å²) in [6.45, 7) is 0.702. The number of amides is 1. The van der Waals surface area contributed by atoms with Crippen LogP contribution in [0.3, 0.4) is 0 Å². The molecule has 2 aliphatic heterocycles. The number of hydrogen-bond donors (Lipinski definition) is 1. The Morgan fingerprint density at radius 3 is 2.39 bits per heavy atom. The maximum atomic E-state index is 14.1. The molecule has 1 unspecified atom stereocenters. The van der Waals surface area contributed by atoms with E-state index >= 15 is 0 Å². The maximum Gasteiger partial charge on any atom is 0.264 e. The fraction of sp³-hybridized carbons (Fsp3) is 0.536. The third-order valence-electron chi connectivity index (χ3n) is 8.70. The van der Waals surface area contributed by atoms with Gasteiger partial charge in [-0.05, 0) is 110 Å². The van der Waals surface area contributed by atoms with Gasteiger partial charge in [0.2, 0.25) is 0 Å². The van der Waals surface area contributed by atoms with Gasteiger partial charge < -0.3 is 5.32 Å². The molecule has 2 aliphatic carbocycles. The zero-order valence-corrected chi connectivity index (χ0v) is 22.1. The predicted octanol–water partition coefficient (Wildman–Crippen LogP) is 5.50. The number of fused-ring (bicyclic) bond motifs is 2. The van der Waals surface area contributed by atoms with Gasteiger partial charge in [-0.2, -0.15) is 11.8 Å². The Bertz CT molecular complexity index is 1250. The molecule has 2 saturated carbocycles. The van der Waals surface area contributed by atoms with Gasteiger partial charge in [0, 0.05) is 17.5 Å². The van der Waals surface area contributed by atoms with Crippen LogP contribution in [0.25, 0.3) is 0 Å². The topological polar surface area (TPSA) is 66.5 Å². The minimum Gasteiger partial charge on any atom is -0.352 e. The summed E-state index contributed by atoms with van der Waals surface area (Å²) in [6, 6.07) is 10.6. The molecule has 0 aromatic heterocycles. The highest BCUT2D eigenvalue weighted by Crippen LogP contribution is 2.59. The molecule has 1 atom stereocenters. The average molecular weight is 529 g/mol. The quantitative estimate of drug-likeness (QED) is 0.538. The first kappa shape index (κ1) is 24.3. The fourth-order valence-electron chi connectivity index (χ4n) is 6.71. The first-order valence-electron chi connectivity index (χ1n) is 13.2. The van der Waals surface area contributed by atoms with Crippen molar-refractivity contribution in [2.75, 3.05) is 22.4 Å². The number of nitrogens with zero attached hydrogens (tertiary/aromatic N) is 1. The van der Waals surface area contributed by atoms with E-state index in [0.29, 0.717) is 29.6 Å². The van der Waals surface area contributed by atoms with Crippen molar-refractivity contribution in [3.63, 3.8) is 0 Å². The summed E-state index contributed by atoms with van der Waals surface area (Å²) in [5.41, 5.74) is 2.01. The number of hydrogen-bond acceptors (Lipinski definition) is 4. The maximum absolute atomic E-state index is 14.1. The number of carbonyl (C=O) groups excluding carboxylic acids is 1. The van der Waals surface area contributed by atoms with Crippen molar-refractivity contribution >= 4 is 33.4 Å². The van der Waals surface area contributed by atoms with Gasteiger partial charge in [0.25, 0.3) is 15.9 Å². The summed E-state index contributed by atoms with van der Waals surface area (Å²) in [5.74, 6) is 2.28. The standard InChI is InChI=1S/C28H33FN2O3S2/c29-22-8-10-23(11-9-22)36(33,34)31-25-12-7-21(27(32)30-18-19-3-1-2-4-19)17-24(25)28(13-15-35-16-14-28)26(31)20-5-6-20/h7-12,17,19-20,26H,1-6,13-16,18H2,(H,30,32). The van der Waals surface area contributed by atoms with Gasteiger partial charge in [-0.1, -0.05) is 12.8 Å². The Kier molecular flexibility index (Phi) is 6.31. The van der Waals surface area contributed by atoms with Crippen LogP contribution in [0.1, 0.15) is 67.3 Å². The SMILES string of the molecule is O=C(NCC1CCCC1)c1ccc2c(c1)C1(CCSCC1)C(C1CC1)N2S(=O)(=O)c1ccc(F)cc1. The number of thioether (sulfide) groups is 1. The monoisotopic (exact) mass is 528 g/mol. The van der Waals surface area contributed by atoms with Crippen molar-refractivity contribution in [3.05, 3.63) is 59.4 Å². The number of sulfonamides is 1. The largest absolute Gasteiger partial charge is 0.352 e. The minimum absolute atomic E-state index is 0.0761. The van der Waals surface area contributed by atoms with Gasteiger partial charge >= 0.3 is 0 Å². The van der Waals surface area contributed by atoms with E-state index in [1.54, 1.807) is 10.4 Å². The Morgan fingerprint density at radius 1 is 1.03 bits per heavy atom. The summed E-state index contributed by atoms with van der Waals surface area (Å²) in [7, 11) is -3.89. The first-order valence-corrected chi connectivity index (χ1v) is 15.8. The fourth-order valence-corrected chi connectivity index (χ4v) is 9.73. The van der Waals surface area contributed by atoms with E-state index in [2.05, 4.69) is 5.32 Å². The summed E-state index contributed by atoms with van der Waals surface area (Å²) in [4.78, 5) is 13.3. The van der Waals surface area contributed by atoms with Gasteiger partial charge in [0.15, 0.2) is 0 Å². The lowest BCUT2D eigenvalue weighted by molar-refractivity contribution is 0.0947. The molecule has 4 aliphatic rings. The van der Waals surface area contributed by atoms with Crippen LogP contribution < -0.4 is 9.62 Å². The second-order valence-electron chi connectivity index (χ2n) is 10.9. The highest BCUT2D eigenvalue weighted by molar-refractivity contribution is 7.99. The molecule has 1 N–H and O–H groups in total. The number of anilines is 1. The molecule has 5 nitrogen and oxygen atoms in total. The number of halogens is 1. The summed E-state index contributed by atoms with van der Waals surface area (Å²) in [5, 5.41) is 3.13. The number of carbonyl (C=O) groups is 1. The van der Waals surface area contributed by atoms with Gasteiger partial charge in [-0.3, -0.25) is 9.10 Å². The molecular weight excluding hydrogens is 495 g/mol. The molecule has 1 saturated heterocycles. The highest BCUT2D eigenvalue weighted by atomic mass is 32.2. The van der Waals surface area contributed by atoms with Crippen molar-refractivity contribution in [1.29, 1.82) is 0 Å². The van der Waals surface area contributed by atoms with E-state index in [-0.39, 0.29) is 22.3 Å². The van der Waals surface area contributed by atoms with Crippen molar-refractivity contribution in [1.82, 2.24) is 5.32 Å². The number of nitrogens with one attached hydrogen (secondary N) is 1. The predicted molar refractivity (Wildman–Crippen MR) is 142 cm³/mol. The summed E-state index contributed by atoms with van der Waals surface area (Å²) < 4.78 is 43.4. The highest BCUT2D eigenvalue weighted by Gasteiger charge is 2.59. The van der Waals surface area contributed by atoms with Crippen LogP contribution in [0, 0.1) is 17.7 Å². The van der Waals surface area contributed by atoms with Gasteiger partial charge in [0.05, 0.1) is 16.6 Å². The Labute approximate surface area is 217 Å².